The molecule has 0 fully saturated rings. The van der Waals surface area contributed by atoms with E-state index in [9.17, 15) is 4.79 Å². The fraction of sp³-hybridized carbons (Fsp3) is 0.889. The molecule has 1 atom stereocenters. The van der Waals surface area contributed by atoms with Crippen LogP contribution in [0.2, 0.25) is 0 Å². The van der Waals surface area contributed by atoms with Crippen molar-refractivity contribution in [1.82, 2.24) is 4.90 Å². The lowest BCUT2D eigenvalue weighted by Gasteiger charge is -2.14. The van der Waals surface area contributed by atoms with Crippen LogP contribution in [0, 0.1) is 0 Å². The zero-order valence-electron chi connectivity index (χ0n) is 11.1. The first-order valence-electron chi connectivity index (χ1n) is 5.77. The van der Waals surface area contributed by atoms with Crippen molar-refractivity contribution >= 4 is 18.4 Å². The Morgan fingerprint density at radius 2 is 2.15 bits per heavy atom. The van der Waals surface area contributed by atoms with Gasteiger partial charge in [0.25, 0.3) is 0 Å². The Hall–Kier alpha value is -0.280. The third kappa shape index (κ3) is 11.7. The Morgan fingerprint density at radius 3 is 2.62 bits per heavy atom. The predicted molar refractivity (Wildman–Crippen MR) is 56.5 cm³/mol. The summed E-state index contributed by atoms with van der Waals surface area (Å²) in [5.74, 6) is -1.58. The van der Waals surface area contributed by atoms with Crippen LogP contribution in [0.5, 0.6) is 0 Å². The van der Waals surface area contributed by atoms with Gasteiger partial charge in [-0.25, -0.2) is 0 Å². The van der Waals surface area contributed by atoms with E-state index in [4.69, 9.17) is 9.22 Å². The molecular formula is C9H20ClNO2. The van der Waals surface area contributed by atoms with Crippen molar-refractivity contribution in [2.75, 3.05) is 20.1 Å². The molecule has 13 heavy (non-hydrogen) atoms. The van der Waals surface area contributed by atoms with Crippen molar-refractivity contribution in [3.8, 4) is 0 Å². The Kier molecular flexibility index (Phi) is 7.00. The van der Waals surface area contributed by atoms with E-state index < -0.39 is 18.9 Å². The molecule has 1 N–H and O–H groups in total. The van der Waals surface area contributed by atoms with Gasteiger partial charge >= 0.3 is 5.97 Å². The minimum Gasteiger partial charge on any atom is -0.481 e. The number of nitrogens with zero attached hydrogens (tertiary/aromatic N) is 1. The lowest BCUT2D eigenvalue weighted by atomic mass is 10.2. The number of rotatable bonds is 7. The first-order valence-corrected chi connectivity index (χ1v) is 4.20. The normalized spacial score (nSPS) is 16.7. The van der Waals surface area contributed by atoms with Gasteiger partial charge in [0.1, 0.15) is 0 Å². The highest BCUT2D eigenvalue weighted by Gasteiger charge is 2.00. The van der Waals surface area contributed by atoms with Crippen molar-refractivity contribution in [3.05, 3.63) is 0 Å². The largest absolute Gasteiger partial charge is 0.481 e. The lowest BCUT2D eigenvalue weighted by molar-refractivity contribution is -0.137. The van der Waals surface area contributed by atoms with Gasteiger partial charge < -0.3 is 10.0 Å². The Labute approximate surface area is 90.7 Å². The number of carboxylic acids is 1. The highest BCUT2D eigenvalue weighted by atomic mass is 35.5. The molecule has 0 aliphatic heterocycles. The van der Waals surface area contributed by atoms with E-state index in [1.54, 1.807) is 7.05 Å². The highest BCUT2D eigenvalue weighted by molar-refractivity contribution is 5.85. The second-order valence-electron chi connectivity index (χ2n) is 2.77. The second kappa shape index (κ2) is 9.81. The molecule has 80 valence electrons. The summed E-state index contributed by atoms with van der Waals surface area (Å²) in [6.45, 7) is 1.25. The average molecular weight is 213 g/mol. The second-order valence-corrected chi connectivity index (χ2v) is 2.77. The molecule has 3 nitrogen and oxygen atoms in total. The smallest absolute Gasteiger partial charge is 0.304 e. The first-order chi connectivity index (χ1) is 6.84. The first kappa shape index (κ1) is 9.28. The van der Waals surface area contributed by atoms with Gasteiger partial charge in [0, 0.05) is 10.6 Å². The van der Waals surface area contributed by atoms with E-state index in [1.165, 1.54) is 4.90 Å². The fourth-order valence-corrected chi connectivity index (χ4v) is 0.841. The third-order valence-corrected chi connectivity index (χ3v) is 1.52. The topological polar surface area (TPSA) is 40.5 Å². The summed E-state index contributed by atoms with van der Waals surface area (Å²) in [7, 11) is 1.58. The van der Waals surface area contributed by atoms with Gasteiger partial charge in [-0.05, 0) is 20.0 Å². The molecule has 0 aromatic carbocycles. The summed E-state index contributed by atoms with van der Waals surface area (Å²) in [5, 5.41) is 8.61. The maximum Gasteiger partial charge on any atom is 0.304 e. The maximum absolute atomic E-state index is 10.6. The number of carbonyl (C=O) groups is 1. The summed E-state index contributed by atoms with van der Waals surface area (Å²) in [6, 6.07) is 0. The summed E-state index contributed by atoms with van der Waals surface area (Å²) in [5.41, 5.74) is 0. The number of hydrogen-bond donors (Lipinski definition) is 1. The van der Waals surface area contributed by atoms with E-state index >= 15 is 0 Å². The molecule has 0 spiro atoms. The van der Waals surface area contributed by atoms with Crippen LogP contribution in [0.4, 0.5) is 0 Å². The molecule has 0 aliphatic carbocycles. The molecule has 0 bridgehead atoms. The van der Waals surface area contributed by atoms with Gasteiger partial charge in [-0.2, -0.15) is 0 Å². The lowest BCUT2D eigenvalue weighted by Crippen LogP contribution is -2.22. The number of halogens is 1. The molecule has 0 aliphatic rings. The quantitative estimate of drug-likeness (QED) is 0.657. The molecule has 0 heterocycles. The van der Waals surface area contributed by atoms with E-state index in [-0.39, 0.29) is 12.4 Å². The van der Waals surface area contributed by atoms with E-state index in [1.807, 2.05) is 0 Å². The molecule has 0 rings (SSSR count). The molecule has 0 amide bonds. The number of carboxylic acid groups (broad SMARTS) is 1. The minimum absolute atomic E-state index is 0. The van der Waals surface area contributed by atoms with Crippen molar-refractivity contribution in [2.45, 2.75) is 32.6 Å². The van der Waals surface area contributed by atoms with Gasteiger partial charge in [0.05, 0.1) is 6.37 Å². The van der Waals surface area contributed by atoms with E-state index in [0.717, 1.165) is 19.3 Å². The number of unbranched alkanes of at least 4 members (excludes halogenated alkanes) is 2. The Morgan fingerprint density at radius 1 is 1.54 bits per heavy atom. The Balaban J connectivity index is 0. The fourth-order valence-electron chi connectivity index (χ4n) is 0.841. The van der Waals surface area contributed by atoms with Crippen LogP contribution in [-0.4, -0.2) is 36.1 Å². The summed E-state index contributed by atoms with van der Waals surface area (Å²) >= 11 is 0. The molecular weight excluding hydrogens is 190 g/mol. The Bertz CT molecular complexity index is 217. The predicted octanol–water partition coefficient (Wildman–Crippen LogP) is 2.00. The zero-order valence-corrected chi connectivity index (χ0v) is 8.93. The van der Waals surface area contributed by atoms with Gasteiger partial charge in [-0.3, -0.25) is 4.79 Å². The number of hydrogen-bond acceptors (Lipinski definition) is 2. The summed E-state index contributed by atoms with van der Waals surface area (Å²) in [4.78, 5) is 12.0. The van der Waals surface area contributed by atoms with Crippen molar-refractivity contribution in [2.24, 2.45) is 0 Å². The van der Waals surface area contributed by atoms with Crippen molar-refractivity contribution in [3.63, 3.8) is 0 Å². The monoisotopic (exact) mass is 212 g/mol. The van der Waals surface area contributed by atoms with Crippen LogP contribution < -0.4 is 0 Å². The standard InChI is InChI=1S/C9H19NO2.ClH/c1-3-4-5-7-10(2)8-6-9(11)12;/h3-8H2,1-2H3,(H,11,12);1H/i6D2,8D;. The van der Waals surface area contributed by atoms with Crippen LogP contribution in [0.25, 0.3) is 0 Å². The van der Waals surface area contributed by atoms with Crippen LogP contribution in [-0.2, 0) is 4.79 Å². The van der Waals surface area contributed by atoms with Crippen LogP contribution >= 0.6 is 12.4 Å². The zero-order chi connectivity index (χ0) is 12.1. The van der Waals surface area contributed by atoms with Crippen molar-refractivity contribution in [1.29, 1.82) is 0 Å². The molecule has 0 radical (unpaired) electrons. The highest BCUT2D eigenvalue weighted by Crippen LogP contribution is 1.96. The molecule has 0 saturated carbocycles. The SMILES string of the molecule is Cl.[2H]C(N(C)CCCCC)C([2H])([2H])C(=O)O. The molecule has 0 saturated heterocycles. The van der Waals surface area contributed by atoms with Crippen LogP contribution in [0.3, 0.4) is 0 Å². The van der Waals surface area contributed by atoms with Gasteiger partial charge in [0.2, 0.25) is 0 Å². The molecule has 0 aromatic rings. The molecule has 0 aromatic heterocycles. The average Bonchev–Trinajstić information content (AvgIpc) is 2.16. The molecule has 1 unspecified atom stereocenters. The van der Waals surface area contributed by atoms with Crippen LogP contribution in [0.15, 0.2) is 0 Å². The minimum atomic E-state index is -2.51. The van der Waals surface area contributed by atoms with Crippen LogP contribution in [0.1, 0.15) is 36.7 Å². The third-order valence-electron chi connectivity index (χ3n) is 1.52. The summed E-state index contributed by atoms with van der Waals surface area (Å²) in [6.07, 6.45) is 0.397. The summed E-state index contributed by atoms with van der Waals surface area (Å²) < 4.78 is 22.0. The van der Waals surface area contributed by atoms with Gasteiger partial charge in [-0.15, -0.1) is 12.4 Å². The van der Waals surface area contributed by atoms with Gasteiger partial charge in [0.15, 0.2) is 0 Å². The van der Waals surface area contributed by atoms with Gasteiger partial charge in [-0.1, -0.05) is 19.8 Å². The van der Waals surface area contributed by atoms with Crippen molar-refractivity contribution < 1.29 is 14.0 Å². The van der Waals surface area contributed by atoms with E-state index in [2.05, 4.69) is 6.92 Å². The maximum atomic E-state index is 10.6. The number of aliphatic carboxylic acids is 1. The van der Waals surface area contributed by atoms with E-state index in [0.29, 0.717) is 6.54 Å². The molecule has 4 heteroatoms.